The molecule has 112 valence electrons. The first-order valence-corrected chi connectivity index (χ1v) is 7.36. The maximum Gasteiger partial charge on any atom is 0.111 e. The molecule has 6 heteroatoms. The number of nitriles is 1. The standard InChI is InChI=1S/C15H18ClN3O2/c1-20-9-10-21-8-7-19-13-4-2-3-12(11-17)15(13)18-14(19)5-6-16/h2-4H,5-10H2,1H3. The van der Waals surface area contributed by atoms with Crippen molar-refractivity contribution in [2.45, 2.75) is 13.0 Å². The first kappa shape index (κ1) is 15.8. The van der Waals surface area contributed by atoms with Crippen LogP contribution in [-0.2, 0) is 22.4 Å². The summed E-state index contributed by atoms with van der Waals surface area (Å²) in [5.74, 6) is 1.38. The summed E-state index contributed by atoms with van der Waals surface area (Å²) in [7, 11) is 1.65. The first-order valence-electron chi connectivity index (χ1n) is 6.82. The van der Waals surface area contributed by atoms with Crippen LogP contribution in [0.15, 0.2) is 18.2 Å². The molecular formula is C15H18ClN3O2. The number of aromatic nitrogens is 2. The number of para-hydroxylation sites is 1. The number of rotatable bonds is 8. The monoisotopic (exact) mass is 307 g/mol. The van der Waals surface area contributed by atoms with Gasteiger partial charge in [0.25, 0.3) is 0 Å². The molecule has 1 heterocycles. The summed E-state index contributed by atoms with van der Waals surface area (Å²) in [6.45, 7) is 2.40. The van der Waals surface area contributed by atoms with Crippen LogP contribution in [0.1, 0.15) is 11.4 Å². The van der Waals surface area contributed by atoms with E-state index in [0.717, 1.165) is 16.9 Å². The molecular weight excluding hydrogens is 290 g/mol. The summed E-state index contributed by atoms with van der Waals surface area (Å²) in [6.07, 6.45) is 0.666. The lowest BCUT2D eigenvalue weighted by Gasteiger charge is -2.09. The number of alkyl halides is 1. The fourth-order valence-corrected chi connectivity index (χ4v) is 2.38. The number of ether oxygens (including phenoxy) is 2. The van der Waals surface area contributed by atoms with E-state index in [0.29, 0.717) is 44.2 Å². The van der Waals surface area contributed by atoms with Crippen molar-refractivity contribution in [3.8, 4) is 6.07 Å². The van der Waals surface area contributed by atoms with Crippen molar-refractivity contribution in [2.75, 3.05) is 32.8 Å². The minimum Gasteiger partial charge on any atom is -0.382 e. The number of halogens is 1. The summed E-state index contributed by atoms with van der Waals surface area (Å²) in [5.41, 5.74) is 2.27. The predicted octanol–water partition coefficient (Wildman–Crippen LogP) is 2.35. The van der Waals surface area contributed by atoms with Crippen LogP contribution >= 0.6 is 11.6 Å². The number of aryl methyl sites for hydroxylation is 1. The second-order valence-electron chi connectivity index (χ2n) is 4.51. The Balaban J connectivity index is 2.23. The van der Waals surface area contributed by atoms with E-state index in [2.05, 4.69) is 15.6 Å². The molecule has 0 saturated carbocycles. The van der Waals surface area contributed by atoms with Crippen LogP contribution in [0.5, 0.6) is 0 Å². The molecule has 0 aliphatic heterocycles. The summed E-state index contributed by atoms with van der Waals surface area (Å²) < 4.78 is 12.5. The van der Waals surface area contributed by atoms with Crippen molar-refractivity contribution >= 4 is 22.6 Å². The molecule has 0 aliphatic rings. The molecule has 5 nitrogen and oxygen atoms in total. The van der Waals surface area contributed by atoms with Gasteiger partial charge < -0.3 is 14.0 Å². The third kappa shape index (κ3) is 3.73. The molecule has 21 heavy (non-hydrogen) atoms. The highest BCUT2D eigenvalue weighted by molar-refractivity contribution is 6.17. The molecule has 0 atom stereocenters. The van der Waals surface area contributed by atoms with Gasteiger partial charge in [-0.25, -0.2) is 4.98 Å². The van der Waals surface area contributed by atoms with Crippen molar-refractivity contribution in [2.24, 2.45) is 0 Å². The molecule has 0 aliphatic carbocycles. The Hall–Kier alpha value is -1.61. The van der Waals surface area contributed by atoms with Crippen molar-refractivity contribution < 1.29 is 9.47 Å². The Labute approximate surface area is 129 Å². The minimum absolute atomic E-state index is 0.496. The summed E-state index contributed by atoms with van der Waals surface area (Å²) in [4.78, 5) is 4.56. The van der Waals surface area contributed by atoms with Gasteiger partial charge in [0.2, 0.25) is 0 Å². The van der Waals surface area contributed by atoms with E-state index < -0.39 is 0 Å². The van der Waals surface area contributed by atoms with Gasteiger partial charge >= 0.3 is 0 Å². The number of benzene rings is 1. The molecule has 1 aromatic heterocycles. The van der Waals surface area contributed by atoms with Crippen molar-refractivity contribution in [1.82, 2.24) is 9.55 Å². The Bertz CT molecular complexity index is 634. The Morgan fingerprint density at radius 2 is 2.19 bits per heavy atom. The van der Waals surface area contributed by atoms with Crippen LogP contribution in [0.2, 0.25) is 0 Å². The number of imidazole rings is 1. The van der Waals surface area contributed by atoms with E-state index in [-0.39, 0.29) is 0 Å². The van der Waals surface area contributed by atoms with Crippen LogP contribution in [0.3, 0.4) is 0 Å². The zero-order valence-corrected chi connectivity index (χ0v) is 12.8. The molecule has 0 fully saturated rings. The average molecular weight is 308 g/mol. The topological polar surface area (TPSA) is 60.1 Å². The molecule has 0 N–H and O–H groups in total. The maximum atomic E-state index is 9.17. The fourth-order valence-electron chi connectivity index (χ4n) is 2.21. The molecule has 0 spiro atoms. The highest BCUT2D eigenvalue weighted by Crippen LogP contribution is 2.20. The van der Waals surface area contributed by atoms with Gasteiger partial charge in [0.05, 0.1) is 30.9 Å². The highest BCUT2D eigenvalue weighted by Gasteiger charge is 2.12. The third-order valence-electron chi connectivity index (χ3n) is 3.19. The van der Waals surface area contributed by atoms with E-state index in [1.54, 1.807) is 13.2 Å². The Morgan fingerprint density at radius 1 is 1.33 bits per heavy atom. The smallest absolute Gasteiger partial charge is 0.111 e. The van der Waals surface area contributed by atoms with Gasteiger partial charge in [0.1, 0.15) is 17.4 Å². The maximum absolute atomic E-state index is 9.17. The number of hydrogen-bond acceptors (Lipinski definition) is 4. The van der Waals surface area contributed by atoms with E-state index in [4.69, 9.17) is 21.1 Å². The summed E-state index contributed by atoms with van der Waals surface area (Å²) in [5, 5.41) is 9.17. The van der Waals surface area contributed by atoms with Gasteiger partial charge in [0, 0.05) is 26.0 Å². The summed E-state index contributed by atoms with van der Waals surface area (Å²) >= 11 is 5.85. The molecule has 0 saturated heterocycles. The zero-order chi connectivity index (χ0) is 15.1. The minimum atomic E-state index is 0.496. The van der Waals surface area contributed by atoms with Gasteiger partial charge in [-0.1, -0.05) is 6.07 Å². The van der Waals surface area contributed by atoms with E-state index >= 15 is 0 Å². The second-order valence-corrected chi connectivity index (χ2v) is 4.89. The number of nitrogens with zero attached hydrogens (tertiary/aromatic N) is 3. The predicted molar refractivity (Wildman–Crippen MR) is 81.6 cm³/mol. The lowest BCUT2D eigenvalue weighted by Crippen LogP contribution is -2.12. The van der Waals surface area contributed by atoms with E-state index in [1.807, 2.05) is 12.1 Å². The summed E-state index contributed by atoms with van der Waals surface area (Å²) in [6, 6.07) is 7.80. The van der Waals surface area contributed by atoms with Gasteiger partial charge in [-0.05, 0) is 12.1 Å². The number of methoxy groups -OCH3 is 1. The normalized spacial score (nSPS) is 10.9. The van der Waals surface area contributed by atoms with Crippen LogP contribution in [0.4, 0.5) is 0 Å². The van der Waals surface area contributed by atoms with Crippen LogP contribution in [0.25, 0.3) is 11.0 Å². The van der Waals surface area contributed by atoms with Gasteiger partial charge in [0.15, 0.2) is 0 Å². The molecule has 0 radical (unpaired) electrons. The molecule has 2 aromatic rings. The lowest BCUT2D eigenvalue weighted by molar-refractivity contribution is 0.0667. The lowest BCUT2D eigenvalue weighted by atomic mass is 10.2. The highest BCUT2D eigenvalue weighted by atomic mass is 35.5. The van der Waals surface area contributed by atoms with Crippen LogP contribution in [-0.4, -0.2) is 42.4 Å². The average Bonchev–Trinajstić information content (AvgIpc) is 2.85. The third-order valence-corrected chi connectivity index (χ3v) is 3.38. The zero-order valence-electron chi connectivity index (χ0n) is 12.0. The number of hydrogen-bond donors (Lipinski definition) is 0. The van der Waals surface area contributed by atoms with Gasteiger partial charge in [-0.2, -0.15) is 5.26 Å². The molecule has 0 bridgehead atoms. The second kappa shape index (κ2) is 7.99. The van der Waals surface area contributed by atoms with E-state index in [9.17, 15) is 5.26 Å². The SMILES string of the molecule is COCCOCCn1c(CCCl)nc2c(C#N)cccc21. The van der Waals surface area contributed by atoms with Crippen LogP contribution < -0.4 is 0 Å². The Morgan fingerprint density at radius 3 is 2.90 bits per heavy atom. The van der Waals surface area contributed by atoms with Crippen molar-refractivity contribution in [3.05, 3.63) is 29.6 Å². The quantitative estimate of drug-likeness (QED) is 0.555. The van der Waals surface area contributed by atoms with Crippen molar-refractivity contribution in [1.29, 1.82) is 5.26 Å². The molecule has 1 aromatic carbocycles. The first-order chi connectivity index (χ1) is 10.3. The fraction of sp³-hybridized carbons (Fsp3) is 0.467. The number of fused-ring (bicyclic) bond motifs is 1. The van der Waals surface area contributed by atoms with Crippen LogP contribution in [0, 0.1) is 11.3 Å². The molecule has 0 amide bonds. The molecule has 0 unspecified atom stereocenters. The van der Waals surface area contributed by atoms with Gasteiger partial charge in [-0.15, -0.1) is 11.6 Å². The van der Waals surface area contributed by atoms with Crippen molar-refractivity contribution in [3.63, 3.8) is 0 Å². The van der Waals surface area contributed by atoms with Gasteiger partial charge in [-0.3, -0.25) is 0 Å². The largest absolute Gasteiger partial charge is 0.382 e. The van der Waals surface area contributed by atoms with E-state index in [1.165, 1.54) is 0 Å². The molecule has 2 rings (SSSR count). The Kier molecular flexibility index (Phi) is 6.00.